The molecular formula is C14H24F2N2O2. The molecule has 3 unspecified atom stereocenters. The van der Waals surface area contributed by atoms with Gasteiger partial charge in [0.25, 0.3) is 0 Å². The molecule has 6 heteroatoms. The molecule has 0 saturated carbocycles. The smallest absolute Gasteiger partial charge is 0.317 e. The zero-order valence-electron chi connectivity index (χ0n) is 12.6. The van der Waals surface area contributed by atoms with Crippen LogP contribution in [0.3, 0.4) is 0 Å². The Morgan fingerprint density at radius 1 is 1.25 bits per heavy atom. The molecule has 2 aliphatic rings. The van der Waals surface area contributed by atoms with Gasteiger partial charge in [0.2, 0.25) is 5.91 Å². The Balaban J connectivity index is 2.17. The molecule has 116 valence electrons. The van der Waals surface area contributed by atoms with Crippen molar-refractivity contribution in [1.82, 2.24) is 9.80 Å². The third-order valence-corrected chi connectivity index (χ3v) is 4.45. The van der Waals surface area contributed by atoms with E-state index in [0.717, 1.165) is 0 Å². The normalized spacial score (nSPS) is 30.6. The number of ether oxygens (including phenoxy) is 1. The molecular weight excluding hydrogens is 266 g/mol. The van der Waals surface area contributed by atoms with Crippen LogP contribution in [-0.2, 0) is 9.53 Å². The van der Waals surface area contributed by atoms with Crippen LogP contribution in [0.25, 0.3) is 0 Å². The van der Waals surface area contributed by atoms with Crippen LogP contribution < -0.4 is 0 Å². The minimum absolute atomic E-state index is 0.0462. The van der Waals surface area contributed by atoms with Gasteiger partial charge in [-0.05, 0) is 27.7 Å². The second-order valence-corrected chi connectivity index (χ2v) is 6.28. The fraction of sp³-hybridized carbons (Fsp3) is 0.929. The Hall–Kier alpha value is -0.750. The van der Waals surface area contributed by atoms with E-state index in [4.69, 9.17) is 4.74 Å². The van der Waals surface area contributed by atoms with Crippen molar-refractivity contribution in [3.8, 4) is 0 Å². The summed E-state index contributed by atoms with van der Waals surface area (Å²) < 4.78 is 31.7. The maximum absolute atomic E-state index is 13.1. The molecule has 0 bridgehead atoms. The molecule has 1 amide bonds. The summed E-state index contributed by atoms with van der Waals surface area (Å²) in [7, 11) is 0. The van der Waals surface area contributed by atoms with Crippen molar-refractivity contribution in [1.29, 1.82) is 0 Å². The lowest BCUT2D eigenvalue weighted by molar-refractivity contribution is -0.154. The summed E-state index contributed by atoms with van der Waals surface area (Å²) >= 11 is 0. The molecule has 4 nitrogen and oxygen atoms in total. The Morgan fingerprint density at radius 3 is 2.40 bits per heavy atom. The highest BCUT2D eigenvalue weighted by Crippen LogP contribution is 2.37. The quantitative estimate of drug-likeness (QED) is 0.740. The van der Waals surface area contributed by atoms with E-state index in [1.54, 1.807) is 13.8 Å². The largest absolute Gasteiger partial charge is 0.379 e. The van der Waals surface area contributed by atoms with Gasteiger partial charge >= 0.3 is 6.55 Å². The van der Waals surface area contributed by atoms with Crippen LogP contribution in [-0.4, -0.2) is 60.1 Å². The summed E-state index contributed by atoms with van der Waals surface area (Å²) in [6.45, 7) is 6.30. The third kappa shape index (κ3) is 2.68. The second kappa shape index (κ2) is 5.93. The van der Waals surface area contributed by atoms with Gasteiger partial charge in [-0.15, -0.1) is 0 Å². The lowest BCUT2D eigenvalue weighted by atomic mass is 9.91. The molecule has 0 aliphatic carbocycles. The number of amides is 1. The molecule has 0 spiro atoms. The molecule has 0 aromatic heterocycles. The molecule has 2 rings (SSSR count). The third-order valence-electron chi connectivity index (χ3n) is 4.45. The van der Waals surface area contributed by atoms with E-state index in [9.17, 15) is 13.6 Å². The molecule has 0 aromatic rings. The highest BCUT2D eigenvalue weighted by molar-refractivity contribution is 5.80. The van der Waals surface area contributed by atoms with E-state index >= 15 is 0 Å². The lowest BCUT2D eigenvalue weighted by Gasteiger charge is -2.30. The van der Waals surface area contributed by atoms with Crippen molar-refractivity contribution in [3.63, 3.8) is 0 Å². The van der Waals surface area contributed by atoms with E-state index in [1.807, 2.05) is 0 Å². The highest BCUT2D eigenvalue weighted by Gasteiger charge is 2.50. The van der Waals surface area contributed by atoms with Crippen molar-refractivity contribution < 1.29 is 18.3 Å². The van der Waals surface area contributed by atoms with Gasteiger partial charge in [0.15, 0.2) is 0 Å². The predicted octanol–water partition coefficient (Wildman–Crippen LogP) is 1.80. The molecule has 20 heavy (non-hydrogen) atoms. The zero-order valence-corrected chi connectivity index (χ0v) is 12.6. The number of fused-ring (bicyclic) bond motifs is 1. The number of alkyl halides is 2. The summed E-state index contributed by atoms with van der Waals surface area (Å²) in [5.41, 5.74) is 0. The first-order valence-electron chi connectivity index (χ1n) is 7.28. The van der Waals surface area contributed by atoms with Crippen molar-refractivity contribution >= 4 is 5.91 Å². The van der Waals surface area contributed by atoms with Crippen molar-refractivity contribution in [2.45, 2.75) is 52.4 Å². The van der Waals surface area contributed by atoms with E-state index in [1.165, 1.54) is 0 Å². The molecule has 2 fully saturated rings. The van der Waals surface area contributed by atoms with Crippen LogP contribution in [0.5, 0.6) is 0 Å². The SMILES string of the molecule is CC(C)N1CC(C(=O)N(C(C)C)C(F)F)C2COCC21. The van der Waals surface area contributed by atoms with Gasteiger partial charge in [-0.3, -0.25) is 14.6 Å². The number of carbonyl (C=O) groups excluding carboxylic acids is 1. The average Bonchev–Trinajstić information content (AvgIpc) is 2.86. The average molecular weight is 290 g/mol. The molecule has 2 saturated heterocycles. The van der Waals surface area contributed by atoms with Crippen molar-refractivity contribution in [2.24, 2.45) is 11.8 Å². The van der Waals surface area contributed by atoms with Gasteiger partial charge < -0.3 is 4.74 Å². The number of likely N-dealkylation sites (tertiary alicyclic amines) is 1. The number of rotatable bonds is 4. The minimum atomic E-state index is -2.74. The van der Waals surface area contributed by atoms with E-state index in [0.29, 0.717) is 30.7 Å². The molecule has 0 radical (unpaired) electrons. The topological polar surface area (TPSA) is 32.8 Å². The Labute approximate surface area is 119 Å². The van der Waals surface area contributed by atoms with Gasteiger partial charge in [0.1, 0.15) is 0 Å². The Bertz CT molecular complexity index is 355. The molecule has 0 aromatic carbocycles. The summed E-state index contributed by atoms with van der Waals surface area (Å²) in [4.78, 5) is 15.4. The van der Waals surface area contributed by atoms with Crippen molar-refractivity contribution in [3.05, 3.63) is 0 Å². The summed E-state index contributed by atoms with van der Waals surface area (Å²) in [6.07, 6.45) is 0. The van der Waals surface area contributed by atoms with Gasteiger partial charge in [-0.25, -0.2) is 0 Å². The second-order valence-electron chi connectivity index (χ2n) is 6.28. The number of halogens is 2. The van der Waals surface area contributed by atoms with Crippen molar-refractivity contribution in [2.75, 3.05) is 19.8 Å². The standard InChI is InChI=1S/C14H24F2N2O2/c1-8(2)17-5-10(11-6-20-7-12(11)17)13(19)18(9(3)4)14(15)16/h8-12,14H,5-7H2,1-4H3. The van der Waals surface area contributed by atoms with Crippen LogP contribution in [0.2, 0.25) is 0 Å². The fourth-order valence-electron chi connectivity index (χ4n) is 3.41. The number of hydrogen-bond acceptors (Lipinski definition) is 3. The summed E-state index contributed by atoms with van der Waals surface area (Å²) in [5, 5.41) is 0. The summed E-state index contributed by atoms with van der Waals surface area (Å²) in [5.74, 6) is -0.759. The predicted molar refractivity (Wildman–Crippen MR) is 71.4 cm³/mol. The molecule has 3 atom stereocenters. The van der Waals surface area contributed by atoms with Crippen LogP contribution >= 0.6 is 0 Å². The van der Waals surface area contributed by atoms with Crippen LogP contribution in [0, 0.1) is 11.8 Å². The van der Waals surface area contributed by atoms with Crippen LogP contribution in [0.4, 0.5) is 8.78 Å². The number of carbonyl (C=O) groups is 1. The lowest BCUT2D eigenvalue weighted by Crippen LogP contribution is -2.46. The maximum Gasteiger partial charge on any atom is 0.317 e. The first-order chi connectivity index (χ1) is 9.34. The fourth-order valence-corrected chi connectivity index (χ4v) is 3.41. The molecule has 2 heterocycles. The number of hydrogen-bond donors (Lipinski definition) is 0. The molecule has 0 N–H and O–H groups in total. The Morgan fingerprint density at radius 2 is 1.90 bits per heavy atom. The highest BCUT2D eigenvalue weighted by atomic mass is 19.3. The number of nitrogens with zero attached hydrogens (tertiary/aromatic N) is 2. The zero-order chi connectivity index (χ0) is 15.0. The first kappa shape index (κ1) is 15.6. The van der Waals surface area contributed by atoms with Gasteiger partial charge in [-0.2, -0.15) is 8.78 Å². The van der Waals surface area contributed by atoms with Crippen LogP contribution in [0.15, 0.2) is 0 Å². The van der Waals surface area contributed by atoms with Crippen LogP contribution in [0.1, 0.15) is 27.7 Å². The first-order valence-corrected chi connectivity index (χ1v) is 7.28. The monoisotopic (exact) mass is 290 g/mol. The molecule has 2 aliphatic heterocycles. The van der Waals surface area contributed by atoms with E-state index in [2.05, 4.69) is 18.7 Å². The van der Waals surface area contributed by atoms with Gasteiger partial charge in [0, 0.05) is 30.6 Å². The van der Waals surface area contributed by atoms with E-state index in [-0.39, 0.29) is 17.9 Å². The summed E-state index contributed by atoms with van der Waals surface area (Å²) in [6, 6.07) is -0.00643. The van der Waals surface area contributed by atoms with Gasteiger partial charge in [0.05, 0.1) is 19.1 Å². The Kier molecular flexibility index (Phi) is 4.64. The van der Waals surface area contributed by atoms with E-state index < -0.39 is 18.5 Å². The van der Waals surface area contributed by atoms with Gasteiger partial charge in [-0.1, -0.05) is 0 Å². The minimum Gasteiger partial charge on any atom is -0.379 e. The maximum atomic E-state index is 13.1.